The van der Waals surface area contributed by atoms with E-state index in [0.29, 0.717) is 17.4 Å². The van der Waals surface area contributed by atoms with Crippen LogP contribution in [0.4, 0.5) is 11.6 Å². The van der Waals surface area contributed by atoms with Crippen LogP contribution in [0.25, 0.3) is 0 Å². The topological polar surface area (TPSA) is 72.0 Å². The molecular formula is C15H21N5O. The lowest BCUT2D eigenvalue weighted by Crippen LogP contribution is -2.12. The second kappa shape index (κ2) is 7.42. The summed E-state index contributed by atoms with van der Waals surface area (Å²) in [4.78, 5) is 12.8. The zero-order valence-electron chi connectivity index (χ0n) is 12.6. The summed E-state index contributed by atoms with van der Waals surface area (Å²) >= 11 is 0. The van der Waals surface area contributed by atoms with Crippen molar-refractivity contribution < 1.29 is 4.74 Å². The van der Waals surface area contributed by atoms with Gasteiger partial charge in [-0.15, -0.1) is 0 Å². The van der Waals surface area contributed by atoms with E-state index in [4.69, 9.17) is 4.74 Å². The summed E-state index contributed by atoms with van der Waals surface area (Å²) in [6.45, 7) is 4.97. The molecule has 1 unspecified atom stereocenters. The number of nitrogens with one attached hydrogen (secondary N) is 2. The van der Waals surface area contributed by atoms with Crippen molar-refractivity contribution >= 4 is 11.6 Å². The number of rotatable bonds is 7. The summed E-state index contributed by atoms with van der Waals surface area (Å²) < 4.78 is 5.44. The minimum atomic E-state index is 0.0222. The zero-order valence-corrected chi connectivity index (χ0v) is 12.6. The van der Waals surface area contributed by atoms with E-state index in [1.807, 2.05) is 25.1 Å². The fourth-order valence-corrected chi connectivity index (χ4v) is 1.95. The molecule has 0 saturated carbocycles. The Kier molecular flexibility index (Phi) is 5.31. The fraction of sp³-hybridized carbons (Fsp3) is 0.400. The van der Waals surface area contributed by atoms with Gasteiger partial charge < -0.3 is 15.4 Å². The lowest BCUT2D eigenvalue weighted by Gasteiger charge is -2.17. The lowest BCUT2D eigenvalue weighted by atomic mass is 10.2. The molecule has 2 heterocycles. The Labute approximate surface area is 125 Å². The predicted molar refractivity (Wildman–Crippen MR) is 83.6 cm³/mol. The van der Waals surface area contributed by atoms with Crippen LogP contribution >= 0.6 is 0 Å². The summed E-state index contributed by atoms with van der Waals surface area (Å²) in [6, 6.07) is 5.86. The largest absolute Gasteiger partial charge is 0.490 e. The third kappa shape index (κ3) is 3.81. The molecule has 0 fully saturated rings. The molecule has 6 heteroatoms. The molecule has 0 amide bonds. The minimum absolute atomic E-state index is 0.0222. The van der Waals surface area contributed by atoms with Crippen molar-refractivity contribution in [3.63, 3.8) is 0 Å². The van der Waals surface area contributed by atoms with Gasteiger partial charge in [0.15, 0.2) is 11.6 Å². The van der Waals surface area contributed by atoms with Crippen molar-refractivity contribution in [3.05, 3.63) is 36.4 Å². The first-order valence-corrected chi connectivity index (χ1v) is 7.06. The molecule has 0 saturated heterocycles. The van der Waals surface area contributed by atoms with Gasteiger partial charge in [0.25, 0.3) is 0 Å². The molecule has 0 bridgehead atoms. The average Bonchev–Trinajstić information content (AvgIpc) is 2.53. The highest BCUT2D eigenvalue weighted by molar-refractivity contribution is 5.63. The van der Waals surface area contributed by atoms with Crippen LogP contribution in [-0.4, -0.2) is 28.6 Å². The number of methoxy groups -OCH3 is 1. The second-order valence-electron chi connectivity index (χ2n) is 4.65. The Hall–Kier alpha value is -2.37. The first kappa shape index (κ1) is 15.0. The average molecular weight is 287 g/mol. The van der Waals surface area contributed by atoms with E-state index in [-0.39, 0.29) is 6.04 Å². The maximum Gasteiger partial charge on any atom is 0.204 e. The Bertz CT molecular complexity index is 561. The van der Waals surface area contributed by atoms with Gasteiger partial charge in [0.05, 0.1) is 18.8 Å². The summed E-state index contributed by atoms with van der Waals surface area (Å²) in [6.07, 6.45) is 4.31. The summed E-state index contributed by atoms with van der Waals surface area (Å²) in [5.74, 6) is 1.98. The van der Waals surface area contributed by atoms with Crippen LogP contribution < -0.4 is 15.4 Å². The predicted octanol–water partition coefficient (Wildman–Crippen LogP) is 2.88. The third-order valence-electron chi connectivity index (χ3n) is 3.04. The van der Waals surface area contributed by atoms with Gasteiger partial charge in [-0.05, 0) is 25.5 Å². The van der Waals surface area contributed by atoms with Gasteiger partial charge in [-0.3, -0.25) is 4.98 Å². The van der Waals surface area contributed by atoms with Gasteiger partial charge in [0, 0.05) is 12.7 Å². The molecule has 0 aliphatic rings. The molecule has 1 atom stereocenters. The molecule has 0 aromatic carbocycles. The molecule has 0 aliphatic carbocycles. The summed E-state index contributed by atoms with van der Waals surface area (Å²) in [5.41, 5.74) is 0.946. The van der Waals surface area contributed by atoms with Crippen LogP contribution in [-0.2, 0) is 0 Å². The van der Waals surface area contributed by atoms with E-state index in [9.17, 15) is 0 Å². The summed E-state index contributed by atoms with van der Waals surface area (Å²) in [7, 11) is 1.62. The standard InChI is InChI=1S/C15H21N5O/c1-4-8-17-14-13(21-3)15(19-10-18-14)20-11(2)12-7-5-6-9-16-12/h5-7,9-11H,4,8H2,1-3H3,(H2,17,18,19,20). The van der Waals surface area contributed by atoms with Crippen molar-refractivity contribution in [2.24, 2.45) is 0 Å². The minimum Gasteiger partial charge on any atom is -0.490 e. The van der Waals surface area contributed by atoms with Crippen LogP contribution in [0.5, 0.6) is 5.75 Å². The number of nitrogens with zero attached hydrogens (tertiary/aromatic N) is 3. The van der Waals surface area contributed by atoms with E-state index < -0.39 is 0 Å². The molecule has 0 radical (unpaired) electrons. The maximum absolute atomic E-state index is 5.44. The molecule has 112 valence electrons. The fourth-order valence-electron chi connectivity index (χ4n) is 1.95. The maximum atomic E-state index is 5.44. The Morgan fingerprint density at radius 2 is 2.00 bits per heavy atom. The van der Waals surface area contributed by atoms with E-state index in [0.717, 1.165) is 18.7 Å². The van der Waals surface area contributed by atoms with Crippen molar-refractivity contribution in [2.45, 2.75) is 26.3 Å². The van der Waals surface area contributed by atoms with Crippen molar-refractivity contribution in [2.75, 3.05) is 24.3 Å². The Morgan fingerprint density at radius 1 is 1.19 bits per heavy atom. The number of pyridine rings is 1. The van der Waals surface area contributed by atoms with Gasteiger partial charge in [-0.1, -0.05) is 13.0 Å². The molecule has 2 aromatic rings. The molecule has 2 rings (SSSR count). The van der Waals surface area contributed by atoms with Gasteiger partial charge in [0.1, 0.15) is 6.33 Å². The molecule has 0 spiro atoms. The Balaban J connectivity index is 2.19. The smallest absolute Gasteiger partial charge is 0.204 e. The molecule has 6 nitrogen and oxygen atoms in total. The normalized spacial score (nSPS) is 11.8. The Morgan fingerprint density at radius 3 is 2.67 bits per heavy atom. The molecule has 2 aromatic heterocycles. The first-order chi connectivity index (χ1) is 10.3. The number of ether oxygens (including phenoxy) is 1. The molecule has 2 N–H and O–H groups in total. The monoisotopic (exact) mass is 287 g/mol. The highest BCUT2D eigenvalue weighted by Gasteiger charge is 2.15. The summed E-state index contributed by atoms with van der Waals surface area (Å²) in [5, 5.41) is 6.55. The van der Waals surface area contributed by atoms with Crippen molar-refractivity contribution in [1.82, 2.24) is 15.0 Å². The second-order valence-corrected chi connectivity index (χ2v) is 4.65. The van der Waals surface area contributed by atoms with Gasteiger partial charge in [0.2, 0.25) is 5.75 Å². The van der Waals surface area contributed by atoms with Crippen molar-refractivity contribution in [3.8, 4) is 5.75 Å². The number of anilines is 2. The highest BCUT2D eigenvalue weighted by Crippen LogP contribution is 2.31. The zero-order chi connectivity index (χ0) is 15.1. The van der Waals surface area contributed by atoms with Gasteiger partial charge in [-0.2, -0.15) is 0 Å². The van der Waals surface area contributed by atoms with Crippen LogP contribution in [0, 0.1) is 0 Å². The quantitative estimate of drug-likeness (QED) is 0.816. The van der Waals surface area contributed by atoms with E-state index in [2.05, 4.69) is 32.5 Å². The lowest BCUT2D eigenvalue weighted by molar-refractivity contribution is 0.414. The number of hydrogen-bond acceptors (Lipinski definition) is 6. The van der Waals surface area contributed by atoms with E-state index in [1.165, 1.54) is 6.33 Å². The van der Waals surface area contributed by atoms with Crippen LogP contribution in [0.3, 0.4) is 0 Å². The number of aromatic nitrogens is 3. The highest BCUT2D eigenvalue weighted by atomic mass is 16.5. The SMILES string of the molecule is CCCNc1ncnc(NC(C)c2ccccn2)c1OC. The molecule has 21 heavy (non-hydrogen) atoms. The van der Waals surface area contributed by atoms with Gasteiger partial charge in [-0.25, -0.2) is 9.97 Å². The van der Waals surface area contributed by atoms with Crippen LogP contribution in [0.2, 0.25) is 0 Å². The third-order valence-corrected chi connectivity index (χ3v) is 3.04. The van der Waals surface area contributed by atoms with Gasteiger partial charge >= 0.3 is 0 Å². The van der Waals surface area contributed by atoms with Crippen LogP contribution in [0.1, 0.15) is 32.0 Å². The first-order valence-electron chi connectivity index (χ1n) is 7.06. The number of hydrogen-bond donors (Lipinski definition) is 2. The molecule has 0 aliphatic heterocycles. The molecular weight excluding hydrogens is 266 g/mol. The van der Waals surface area contributed by atoms with E-state index in [1.54, 1.807) is 13.3 Å². The van der Waals surface area contributed by atoms with Crippen molar-refractivity contribution in [1.29, 1.82) is 0 Å². The van der Waals surface area contributed by atoms with Crippen LogP contribution in [0.15, 0.2) is 30.7 Å². The van der Waals surface area contributed by atoms with E-state index >= 15 is 0 Å².